The van der Waals surface area contributed by atoms with Crippen LogP contribution in [0, 0.1) is 0 Å². The standard InChI is InChI=1S/C25H23NO4/c1-2-30-25(29)23(27)21(16-17-10-5-3-6-11-17)19-14-9-15-20(24(26)28)22(19)18-12-7-4-8-13-18/h3-15,21H,2,16H2,1H3,(H2,26,28). The third-order valence-electron chi connectivity index (χ3n) is 4.88. The molecular formula is C25H23NO4. The molecule has 0 aromatic heterocycles. The Labute approximate surface area is 175 Å². The van der Waals surface area contributed by atoms with Crippen molar-refractivity contribution in [2.45, 2.75) is 19.3 Å². The van der Waals surface area contributed by atoms with Crippen molar-refractivity contribution in [2.75, 3.05) is 6.61 Å². The molecular weight excluding hydrogens is 378 g/mol. The minimum Gasteiger partial charge on any atom is -0.460 e. The lowest BCUT2D eigenvalue weighted by Crippen LogP contribution is -2.27. The molecule has 2 N–H and O–H groups in total. The Morgan fingerprint density at radius 1 is 0.867 bits per heavy atom. The molecule has 1 amide bonds. The fourth-order valence-corrected chi connectivity index (χ4v) is 3.53. The number of primary amides is 1. The Morgan fingerprint density at radius 2 is 1.50 bits per heavy atom. The first-order valence-corrected chi connectivity index (χ1v) is 9.76. The molecule has 0 saturated heterocycles. The van der Waals surface area contributed by atoms with E-state index in [1.54, 1.807) is 25.1 Å². The van der Waals surface area contributed by atoms with Crippen LogP contribution < -0.4 is 5.73 Å². The number of rotatable bonds is 8. The molecule has 0 spiro atoms. The van der Waals surface area contributed by atoms with Crippen LogP contribution in [0.2, 0.25) is 0 Å². The molecule has 3 aromatic rings. The summed E-state index contributed by atoms with van der Waals surface area (Å²) in [4.78, 5) is 37.6. The molecule has 1 unspecified atom stereocenters. The molecule has 0 heterocycles. The maximum Gasteiger partial charge on any atom is 0.375 e. The summed E-state index contributed by atoms with van der Waals surface area (Å²) >= 11 is 0. The van der Waals surface area contributed by atoms with E-state index in [4.69, 9.17) is 10.5 Å². The van der Waals surface area contributed by atoms with Gasteiger partial charge in [0.15, 0.2) is 0 Å². The van der Waals surface area contributed by atoms with E-state index < -0.39 is 23.6 Å². The zero-order valence-electron chi connectivity index (χ0n) is 16.7. The zero-order valence-corrected chi connectivity index (χ0v) is 16.7. The van der Waals surface area contributed by atoms with Crippen LogP contribution in [-0.4, -0.2) is 24.3 Å². The van der Waals surface area contributed by atoms with Gasteiger partial charge in [0, 0.05) is 5.56 Å². The lowest BCUT2D eigenvalue weighted by Gasteiger charge is -2.21. The first kappa shape index (κ1) is 21.0. The Balaban J connectivity index is 2.19. The van der Waals surface area contributed by atoms with E-state index >= 15 is 0 Å². The Hall–Kier alpha value is -3.73. The molecule has 3 rings (SSSR count). The van der Waals surface area contributed by atoms with Crippen LogP contribution in [0.1, 0.15) is 34.3 Å². The van der Waals surface area contributed by atoms with E-state index in [1.165, 1.54) is 0 Å². The molecule has 0 aliphatic heterocycles. The number of ketones is 1. The highest BCUT2D eigenvalue weighted by molar-refractivity contribution is 6.36. The molecule has 0 saturated carbocycles. The number of carbonyl (C=O) groups excluding carboxylic acids is 3. The van der Waals surface area contributed by atoms with Crippen molar-refractivity contribution in [3.8, 4) is 11.1 Å². The fraction of sp³-hybridized carbons (Fsp3) is 0.160. The van der Waals surface area contributed by atoms with Crippen LogP contribution in [-0.2, 0) is 20.7 Å². The molecule has 0 bridgehead atoms. The molecule has 5 nitrogen and oxygen atoms in total. The third-order valence-corrected chi connectivity index (χ3v) is 4.88. The number of carbonyl (C=O) groups is 3. The highest BCUT2D eigenvalue weighted by atomic mass is 16.5. The molecule has 3 aromatic carbocycles. The summed E-state index contributed by atoms with van der Waals surface area (Å²) in [6.45, 7) is 1.76. The largest absolute Gasteiger partial charge is 0.460 e. The maximum absolute atomic E-state index is 13.1. The van der Waals surface area contributed by atoms with Crippen molar-refractivity contribution in [1.82, 2.24) is 0 Å². The maximum atomic E-state index is 13.1. The van der Waals surface area contributed by atoms with Crippen molar-refractivity contribution in [1.29, 1.82) is 0 Å². The van der Waals surface area contributed by atoms with Crippen LogP contribution >= 0.6 is 0 Å². The van der Waals surface area contributed by atoms with E-state index in [2.05, 4.69) is 0 Å². The number of Topliss-reactive ketones (excluding diaryl/α,β-unsaturated/α-hetero) is 1. The lowest BCUT2D eigenvalue weighted by atomic mass is 9.82. The minimum atomic E-state index is -0.887. The van der Waals surface area contributed by atoms with Crippen molar-refractivity contribution in [3.63, 3.8) is 0 Å². The van der Waals surface area contributed by atoms with Gasteiger partial charge < -0.3 is 10.5 Å². The highest BCUT2D eigenvalue weighted by Crippen LogP contribution is 2.35. The molecule has 5 heteroatoms. The summed E-state index contributed by atoms with van der Waals surface area (Å²) < 4.78 is 4.99. The van der Waals surface area contributed by atoms with Crippen LogP contribution in [0.3, 0.4) is 0 Å². The van der Waals surface area contributed by atoms with Gasteiger partial charge in [0.05, 0.1) is 12.5 Å². The van der Waals surface area contributed by atoms with Gasteiger partial charge in [-0.1, -0.05) is 72.8 Å². The van der Waals surface area contributed by atoms with Gasteiger partial charge in [0.25, 0.3) is 0 Å². The van der Waals surface area contributed by atoms with Crippen molar-refractivity contribution < 1.29 is 19.1 Å². The van der Waals surface area contributed by atoms with E-state index in [-0.39, 0.29) is 6.61 Å². The van der Waals surface area contributed by atoms with E-state index in [1.807, 2.05) is 60.7 Å². The number of benzene rings is 3. The summed E-state index contributed by atoms with van der Waals surface area (Å²) in [6.07, 6.45) is 0.292. The smallest absolute Gasteiger partial charge is 0.375 e. The Morgan fingerprint density at radius 3 is 2.10 bits per heavy atom. The van der Waals surface area contributed by atoms with Gasteiger partial charge in [-0.25, -0.2) is 4.79 Å². The monoisotopic (exact) mass is 401 g/mol. The topological polar surface area (TPSA) is 86.5 Å². The number of hydrogen-bond acceptors (Lipinski definition) is 4. The van der Waals surface area contributed by atoms with Crippen LogP contribution in [0.25, 0.3) is 11.1 Å². The molecule has 0 fully saturated rings. The summed E-state index contributed by atoms with van der Waals surface area (Å²) in [6, 6.07) is 23.7. The summed E-state index contributed by atoms with van der Waals surface area (Å²) in [5, 5.41) is 0. The van der Waals surface area contributed by atoms with Gasteiger partial charge in [-0.15, -0.1) is 0 Å². The summed E-state index contributed by atoms with van der Waals surface area (Å²) in [5.74, 6) is -2.96. The van der Waals surface area contributed by atoms with Gasteiger partial charge in [0.1, 0.15) is 0 Å². The average Bonchev–Trinajstić information content (AvgIpc) is 2.78. The second-order valence-electron chi connectivity index (χ2n) is 6.83. The molecule has 0 aliphatic rings. The summed E-state index contributed by atoms with van der Waals surface area (Å²) in [7, 11) is 0. The van der Waals surface area contributed by atoms with Gasteiger partial charge in [-0.3, -0.25) is 9.59 Å². The van der Waals surface area contributed by atoms with Gasteiger partial charge in [-0.05, 0) is 41.7 Å². The number of nitrogens with two attached hydrogens (primary N) is 1. The Kier molecular flexibility index (Phi) is 6.75. The lowest BCUT2D eigenvalue weighted by molar-refractivity contribution is -0.154. The van der Waals surface area contributed by atoms with E-state index in [0.29, 0.717) is 23.1 Å². The number of ether oxygens (including phenoxy) is 1. The molecule has 30 heavy (non-hydrogen) atoms. The van der Waals surface area contributed by atoms with Gasteiger partial charge in [-0.2, -0.15) is 0 Å². The van der Waals surface area contributed by atoms with Crippen LogP contribution in [0.5, 0.6) is 0 Å². The highest BCUT2D eigenvalue weighted by Gasteiger charge is 2.31. The SMILES string of the molecule is CCOC(=O)C(=O)C(Cc1ccccc1)c1cccc(C(N)=O)c1-c1ccccc1. The first-order chi connectivity index (χ1) is 14.5. The quantitative estimate of drug-likeness (QED) is 0.458. The van der Waals surface area contributed by atoms with Crippen molar-refractivity contribution in [3.05, 3.63) is 95.6 Å². The number of hydrogen-bond donors (Lipinski definition) is 1. The van der Waals surface area contributed by atoms with Gasteiger partial charge in [0.2, 0.25) is 11.7 Å². The molecule has 1 atom stereocenters. The average molecular weight is 401 g/mol. The van der Waals surface area contributed by atoms with E-state index in [0.717, 1.165) is 11.1 Å². The first-order valence-electron chi connectivity index (χ1n) is 9.76. The zero-order chi connectivity index (χ0) is 21.5. The van der Waals surface area contributed by atoms with E-state index in [9.17, 15) is 14.4 Å². The van der Waals surface area contributed by atoms with Crippen molar-refractivity contribution in [2.24, 2.45) is 5.73 Å². The summed E-state index contributed by atoms with van der Waals surface area (Å²) in [5.41, 5.74) is 8.71. The minimum absolute atomic E-state index is 0.107. The predicted octanol–water partition coefficient (Wildman–Crippen LogP) is 3.91. The fourth-order valence-electron chi connectivity index (χ4n) is 3.53. The van der Waals surface area contributed by atoms with Crippen molar-refractivity contribution >= 4 is 17.7 Å². The van der Waals surface area contributed by atoms with Gasteiger partial charge >= 0.3 is 5.97 Å². The number of esters is 1. The van der Waals surface area contributed by atoms with Crippen LogP contribution in [0.4, 0.5) is 0 Å². The van der Waals surface area contributed by atoms with Crippen LogP contribution in [0.15, 0.2) is 78.9 Å². The second-order valence-corrected chi connectivity index (χ2v) is 6.83. The number of amides is 1. The Bertz CT molecular complexity index is 1050. The second kappa shape index (κ2) is 9.65. The molecule has 0 radical (unpaired) electrons. The predicted molar refractivity (Wildman–Crippen MR) is 115 cm³/mol. The normalized spacial score (nSPS) is 11.5. The molecule has 0 aliphatic carbocycles. The molecule has 152 valence electrons. The third kappa shape index (κ3) is 4.63.